The second-order valence-corrected chi connectivity index (χ2v) is 8.85. The molecule has 8 heteroatoms. The fourth-order valence-corrected chi connectivity index (χ4v) is 4.90. The van der Waals surface area contributed by atoms with Crippen LogP contribution in [0.1, 0.15) is 54.4 Å². The molecule has 152 valence electrons. The number of hydrogen-bond donors (Lipinski definition) is 1. The largest absolute Gasteiger partial charge is 0.358 e. The lowest BCUT2D eigenvalue weighted by Crippen LogP contribution is -2.37. The summed E-state index contributed by atoms with van der Waals surface area (Å²) in [5.41, 5.74) is 3.51. The van der Waals surface area contributed by atoms with Gasteiger partial charge in [-0.05, 0) is 16.8 Å². The van der Waals surface area contributed by atoms with Crippen LogP contribution >= 0.6 is 0 Å². The van der Waals surface area contributed by atoms with Gasteiger partial charge in [-0.3, -0.25) is 9.59 Å². The summed E-state index contributed by atoms with van der Waals surface area (Å²) in [7, 11) is 1.55. The average Bonchev–Trinajstić information content (AvgIpc) is 3.18. The third kappa shape index (κ3) is 2.43. The number of carbonyl (C=O) groups excluding carboxylic acids is 2. The monoisotopic (exact) mass is 404 g/mol. The van der Waals surface area contributed by atoms with Crippen molar-refractivity contribution in [1.82, 2.24) is 14.9 Å². The van der Waals surface area contributed by atoms with Crippen LogP contribution < -0.4 is 5.32 Å². The molecule has 0 spiro atoms. The smallest absolute Gasteiger partial charge is 0.342 e. The fourth-order valence-electron chi connectivity index (χ4n) is 4.90. The number of Topliss-reactive ketones (excluding diaryl/α,β-unsaturated/α-hetero) is 2. The number of aromatic nitrogens is 2. The van der Waals surface area contributed by atoms with Gasteiger partial charge in [0.2, 0.25) is 5.82 Å². The van der Waals surface area contributed by atoms with E-state index in [1.165, 1.54) is 10.8 Å². The fraction of sp³-hybridized carbons (Fsp3) is 0.318. The van der Waals surface area contributed by atoms with Crippen molar-refractivity contribution in [1.29, 1.82) is 0 Å². The van der Waals surface area contributed by atoms with Crippen molar-refractivity contribution in [2.75, 3.05) is 0 Å². The highest BCUT2D eigenvalue weighted by Crippen LogP contribution is 2.51. The maximum absolute atomic E-state index is 13.4. The predicted octanol–water partition coefficient (Wildman–Crippen LogP) is 3.27. The lowest BCUT2D eigenvalue weighted by molar-refractivity contribution is -0.391. The number of benzene rings is 1. The van der Waals surface area contributed by atoms with Crippen molar-refractivity contribution in [2.24, 2.45) is 12.5 Å². The number of imidazole rings is 1. The lowest BCUT2D eigenvalue weighted by atomic mass is 9.70. The minimum absolute atomic E-state index is 0.0558. The molecule has 2 aromatic rings. The number of carbonyl (C=O) groups is 2. The molecule has 1 aromatic heterocycles. The Kier molecular flexibility index (Phi) is 3.68. The van der Waals surface area contributed by atoms with E-state index >= 15 is 0 Å². The molecule has 0 fully saturated rings. The molecular formula is C22H20N4O4. The zero-order valence-electron chi connectivity index (χ0n) is 16.9. The molecule has 5 rings (SSSR count). The van der Waals surface area contributed by atoms with Gasteiger partial charge >= 0.3 is 5.82 Å². The van der Waals surface area contributed by atoms with E-state index in [9.17, 15) is 19.7 Å². The summed E-state index contributed by atoms with van der Waals surface area (Å²) in [6, 6.07) is 7.31. The van der Waals surface area contributed by atoms with Crippen molar-refractivity contribution in [3.63, 3.8) is 0 Å². The van der Waals surface area contributed by atoms with E-state index in [1.54, 1.807) is 19.2 Å². The maximum Gasteiger partial charge on any atom is 0.342 e. The standard InChI is InChI=1S/C22H20N4O4/c1-22(2)8-13-16(14(27)9-22)17(21-23-10-15(25(21)3)26(29)30)18-19(24-13)11-6-4-5-7-12(11)20(18)28/h4-7,10,17,24H,8-9H2,1-3H3. The van der Waals surface area contributed by atoms with Crippen molar-refractivity contribution in [2.45, 2.75) is 32.6 Å². The number of rotatable bonds is 2. The first kappa shape index (κ1) is 18.5. The molecule has 1 aromatic carbocycles. The van der Waals surface area contributed by atoms with E-state index in [0.29, 0.717) is 41.1 Å². The molecule has 1 aliphatic heterocycles. The van der Waals surface area contributed by atoms with Gasteiger partial charge in [0.25, 0.3) is 0 Å². The third-order valence-electron chi connectivity index (χ3n) is 6.17. The number of ketones is 2. The number of hydrogen-bond acceptors (Lipinski definition) is 6. The van der Waals surface area contributed by atoms with Crippen molar-refractivity contribution < 1.29 is 14.5 Å². The lowest BCUT2D eigenvalue weighted by Gasteiger charge is -2.38. The molecule has 0 saturated heterocycles. The van der Waals surface area contributed by atoms with Crippen LogP contribution in [0.15, 0.2) is 47.3 Å². The Morgan fingerprint density at radius 1 is 1.17 bits per heavy atom. The quantitative estimate of drug-likeness (QED) is 0.608. The summed E-state index contributed by atoms with van der Waals surface area (Å²) in [5, 5.41) is 14.8. The molecule has 0 bridgehead atoms. The van der Waals surface area contributed by atoms with Gasteiger partial charge in [0, 0.05) is 34.4 Å². The van der Waals surface area contributed by atoms with Gasteiger partial charge in [-0.25, -0.2) is 9.55 Å². The first-order chi connectivity index (χ1) is 14.2. The predicted molar refractivity (Wildman–Crippen MR) is 108 cm³/mol. The Hall–Kier alpha value is -3.55. The number of dihydropyridines is 1. The second-order valence-electron chi connectivity index (χ2n) is 8.85. The summed E-state index contributed by atoms with van der Waals surface area (Å²) in [5.74, 6) is -0.817. The zero-order valence-corrected chi connectivity index (χ0v) is 16.9. The van der Waals surface area contributed by atoms with Crippen molar-refractivity contribution in [3.05, 3.63) is 74.4 Å². The Bertz CT molecular complexity index is 1230. The minimum atomic E-state index is -0.738. The van der Waals surface area contributed by atoms with E-state index in [2.05, 4.69) is 10.3 Å². The van der Waals surface area contributed by atoms with Crippen LogP contribution in [0.25, 0.3) is 5.70 Å². The highest BCUT2D eigenvalue weighted by Gasteiger charge is 2.49. The van der Waals surface area contributed by atoms with Gasteiger partial charge in [0.15, 0.2) is 11.6 Å². The van der Waals surface area contributed by atoms with Crippen LogP contribution in [-0.4, -0.2) is 26.0 Å². The average molecular weight is 404 g/mol. The Morgan fingerprint density at radius 3 is 2.53 bits per heavy atom. The molecule has 1 unspecified atom stereocenters. The van der Waals surface area contributed by atoms with Crippen LogP contribution in [-0.2, 0) is 11.8 Å². The number of nitrogens with zero attached hydrogens (tertiary/aromatic N) is 3. The van der Waals surface area contributed by atoms with E-state index in [4.69, 9.17) is 0 Å². The van der Waals surface area contributed by atoms with Crippen LogP contribution in [0.3, 0.4) is 0 Å². The van der Waals surface area contributed by atoms with E-state index < -0.39 is 10.8 Å². The Morgan fingerprint density at radius 2 is 1.87 bits per heavy atom. The van der Waals surface area contributed by atoms with Crippen molar-refractivity contribution in [3.8, 4) is 0 Å². The highest BCUT2D eigenvalue weighted by atomic mass is 16.6. The summed E-state index contributed by atoms with van der Waals surface area (Å²) in [4.78, 5) is 41.8. The van der Waals surface area contributed by atoms with E-state index in [1.807, 2.05) is 26.0 Å². The first-order valence-corrected chi connectivity index (χ1v) is 9.77. The molecule has 1 N–H and O–H groups in total. The molecule has 2 aliphatic carbocycles. The first-order valence-electron chi connectivity index (χ1n) is 9.77. The second kappa shape index (κ2) is 5.98. The van der Waals surface area contributed by atoms with Gasteiger partial charge in [0.05, 0.1) is 12.7 Å². The summed E-state index contributed by atoms with van der Waals surface area (Å²) < 4.78 is 1.37. The van der Waals surface area contributed by atoms with Crippen LogP contribution in [0.4, 0.5) is 5.82 Å². The van der Waals surface area contributed by atoms with Gasteiger partial charge < -0.3 is 15.4 Å². The number of nitrogens with one attached hydrogen (secondary N) is 1. The number of fused-ring (bicyclic) bond motifs is 2. The molecule has 0 radical (unpaired) electrons. The van der Waals surface area contributed by atoms with Gasteiger partial charge in [-0.2, -0.15) is 0 Å². The third-order valence-corrected chi connectivity index (χ3v) is 6.17. The molecular weight excluding hydrogens is 384 g/mol. The van der Waals surface area contributed by atoms with Crippen LogP contribution in [0.5, 0.6) is 0 Å². The summed E-state index contributed by atoms with van der Waals surface area (Å²) in [6.07, 6.45) is 2.17. The maximum atomic E-state index is 13.4. The topological polar surface area (TPSA) is 107 Å². The molecule has 1 atom stereocenters. The minimum Gasteiger partial charge on any atom is -0.358 e. The number of nitro groups is 1. The summed E-state index contributed by atoms with van der Waals surface area (Å²) >= 11 is 0. The molecule has 30 heavy (non-hydrogen) atoms. The van der Waals surface area contributed by atoms with E-state index in [-0.39, 0.29) is 22.8 Å². The van der Waals surface area contributed by atoms with Crippen molar-refractivity contribution >= 4 is 23.1 Å². The van der Waals surface area contributed by atoms with Gasteiger partial charge in [-0.15, -0.1) is 0 Å². The number of allylic oxidation sites excluding steroid dienone is 3. The molecule has 0 saturated carbocycles. The molecule has 8 nitrogen and oxygen atoms in total. The normalized spacial score (nSPS) is 21.9. The van der Waals surface area contributed by atoms with E-state index in [0.717, 1.165) is 11.3 Å². The Labute approximate surface area is 172 Å². The summed E-state index contributed by atoms with van der Waals surface area (Å²) in [6.45, 7) is 4.07. The molecule has 3 aliphatic rings. The highest BCUT2D eigenvalue weighted by molar-refractivity contribution is 6.23. The van der Waals surface area contributed by atoms with Crippen LogP contribution in [0.2, 0.25) is 0 Å². The molecule has 2 heterocycles. The molecule has 0 amide bonds. The van der Waals surface area contributed by atoms with Gasteiger partial charge in [-0.1, -0.05) is 38.1 Å². The SMILES string of the molecule is Cn1c([N+](=O)[O-])cnc1C1C2=C(CC(C)(C)CC2=O)NC2=C1C(=O)c1ccccc12. The Balaban J connectivity index is 1.77. The zero-order chi connectivity index (χ0) is 21.4. The van der Waals surface area contributed by atoms with Crippen LogP contribution in [0, 0.1) is 15.5 Å². The van der Waals surface area contributed by atoms with Gasteiger partial charge in [0.1, 0.15) is 12.1 Å².